The lowest BCUT2D eigenvalue weighted by molar-refractivity contribution is -0.157. The van der Waals surface area contributed by atoms with Crippen LogP contribution in [0.15, 0.2) is 130 Å². The molecule has 3 unspecified atom stereocenters. The van der Waals surface area contributed by atoms with Crippen LogP contribution < -0.4 is 0 Å². The molecule has 0 bridgehead atoms. The third-order valence-corrected chi connectivity index (χ3v) is 10.1. The number of esters is 2. The van der Waals surface area contributed by atoms with Crippen LogP contribution in [0.2, 0.25) is 0 Å². The summed E-state index contributed by atoms with van der Waals surface area (Å²) in [5, 5.41) is 8.81. The molecular formula is C49H64O8. The zero-order chi connectivity index (χ0) is 42.9. The minimum Gasteiger partial charge on any atom is -0.481 e. The minimum atomic E-state index is -1.09. The molecule has 0 amide bonds. The summed E-state index contributed by atoms with van der Waals surface area (Å²) < 4.78 is 11.0. The number of allylic oxidation sites excluding steroid dienone is 20. The molecule has 1 N–H and O–H groups in total. The Labute approximate surface area is 340 Å². The van der Waals surface area contributed by atoms with Crippen LogP contribution in [-0.4, -0.2) is 46.8 Å². The van der Waals surface area contributed by atoms with E-state index in [2.05, 4.69) is 65.0 Å². The van der Waals surface area contributed by atoms with E-state index >= 15 is 0 Å². The molecule has 0 saturated carbocycles. The Morgan fingerprint density at radius 2 is 1.21 bits per heavy atom. The van der Waals surface area contributed by atoms with Crippen LogP contribution in [0.5, 0.6) is 0 Å². The Morgan fingerprint density at radius 1 is 0.702 bits per heavy atom. The highest BCUT2D eigenvalue weighted by Crippen LogP contribution is 2.43. The maximum absolute atomic E-state index is 13.0. The fourth-order valence-electron chi connectivity index (χ4n) is 6.93. The zero-order valence-electron chi connectivity index (χ0n) is 35.9. The predicted molar refractivity (Wildman–Crippen MR) is 229 cm³/mol. The van der Waals surface area contributed by atoms with Gasteiger partial charge in [-0.2, -0.15) is 0 Å². The second-order valence-corrected chi connectivity index (χ2v) is 16.6. The Kier molecular flexibility index (Phi) is 19.0. The summed E-state index contributed by atoms with van der Waals surface area (Å²) in [6.07, 6.45) is 30.3. The number of carboxylic acids is 1. The van der Waals surface area contributed by atoms with Gasteiger partial charge in [-0.25, -0.2) is 0 Å². The van der Waals surface area contributed by atoms with Gasteiger partial charge in [-0.05, 0) is 82.9 Å². The topological polar surface area (TPSA) is 124 Å². The van der Waals surface area contributed by atoms with Gasteiger partial charge in [0.05, 0.1) is 19.3 Å². The van der Waals surface area contributed by atoms with E-state index in [1.807, 2.05) is 88.5 Å². The fourth-order valence-corrected chi connectivity index (χ4v) is 6.93. The predicted octanol–water partition coefficient (Wildman–Crippen LogP) is 10.9. The van der Waals surface area contributed by atoms with E-state index in [4.69, 9.17) is 14.6 Å². The first kappa shape index (κ1) is 48.0. The highest BCUT2D eigenvalue weighted by Gasteiger charge is 2.40. The summed E-state index contributed by atoms with van der Waals surface area (Å²) in [6, 6.07) is 0. The molecule has 0 spiro atoms. The van der Waals surface area contributed by atoms with Gasteiger partial charge in [0.25, 0.3) is 0 Å². The number of hydrogen-bond acceptors (Lipinski definition) is 7. The minimum absolute atomic E-state index is 0.0135. The van der Waals surface area contributed by atoms with E-state index < -0.39 is 23.5 Å². The van der Waals surface area contributed by atoms with Crippen molar-refractivity contribution in [2.24, 2.45) is 16.7 Å². The summed E-state index contributed by atoms with van der Waals surface area (Å²) in [5.41, 5.74) is 6.43. The number of ketones is 2. The molecule has 0 aliphatic heterocycles. The number of hydrogen-bond donors (Lipinski definition) is 1. The van der Waals surface area contributed by atoms with E-state index in [9.17, 15) is 24.0 Å². The van der Waals surface area contributed by atoms with Gasteiger partial charge in [-0.1, -0.05) is 141 Å². The van der Waals surface area contributed by atoms with Crippen molar-refractivity contribution < 1.29 is 38.6 Å². The average Bonchev–Trinajstić information content (AvgIpc) is 3.09. The molecule has 8 heteroatoms. The van der Waals surface area contributed by atoms with Crippen LogP contribution >= 0.6 is 0 Å². The number of aliphatic carboxylic acids is 1. The van der Waals surface area contributed by atoms with Gasteiger partial charge in [0.1, 0.15) is 11.9 Å². The molecule has 57 heavy (non-hydrogen) atoms. The Morgan fingerprint density at radius 3 is 1.75 bits per heavy atom. The Balaban J connectivity index is 1.94. The summed E-state index contributed by atoms with van der Waals surface area (Å²) >= 11 is 0. The maximum atomic E-state index is 13.0. The molecule has 0 aromatic carbocycles. The second kappa shape index (κ2) is 22.6. The number of ether oxygens (including phenoxy) is 2. The van der Waals surface area contributed by atoms with Crippen molar-refractivity contribution >= 4 is 29.5 Å². The maximum Gasteiger partial charge on any atom is 0.307 e. The molecule has 0 radical (unpaired) electrons. The Bertz CT molecular complexity index is 1860. The van der Waals surface area contributed by atoms with Gasteiger partial charge in [-0.3, -0.25) is 19.2 Å². The largest absolute Gasteiger partial charge is 0.481 e. The van der Waals surface area contributed by atoms with Gasteiger partial charge in [0, 0.05) is 18.8 Å². The fraction of sp³-hybridized carbons (Fsp3) is 0.449. The number of carbonyl (C=O) groups excluding carboxylic acids is 4. The third kappa shape index (κ3) is 17.3. The van der Waals surface area contributed by atoms with E-state index in [0.29, 0.717) is 12.0 Å². The molecule has 0 aromatic heterocycles. The van der Waals surface area contributed by atoms with Crippen LogP contribution in [0, 0.1) is 16.7 Å². The lowest BCUT2D eigenvalue weighted by Gasteiger charge is -2.40. The van der Waals surface area contributed by atoms with Crippen molar-refractivity contribution in [3.05, 3.63) is 130 Å². The van der Waals surface area contributed by atoms with Crippen LogP contribution in [0.25, 0.3) is 0 Å². The summed E-state index contributed by atoms with van der Waals surface area (Å²) in [5.74, 6) is -2.13. The third-order valence-electron chi connectivity index (χ3n) is 10.1. The lowest BCUT2D eigenvalue weighted by Crippen LogP contribution is -2.39. The molecule has 0 heterocycles. The van der Waals surface area contributed by atoms with Crippen LogP contribution in [-0.2, 0) is 33.4 Å². The summed E-state index contributed by atoms with van der Waals surface area (Å²) in [7, 11) is 0. The van der Waals surface area contributed by atoms with E-state index in [0.717, 1.165) is 34.3 Å². The van der Waals surface area contributed by atoms with Crippen LogP contribution in [0.3, 0.4) is 0 Å². The molecule has 308 valence electrons. The van der Waals surface area contributed by atoms with Crippen molar-refractivity contribution in [1.29, 1.82) is 0 Å². The van der Waals surface area contributed by atoms with Gasteiger partial charge in [-0.15, -0.1) is 0 Å². The lowest BCUT2D eigenvalue weighted by atomic mass is 9.67. The van der Waals surface area contributed by atoms with Crippen molar-refractivity contribution in [3.8, 4) is 0 Å². The zero-order valence-corrected chi connectivity index (χ0v) is 35.9. The van der Waals surface area contributed by atoms with Gasteiger partial charge >= 0.3 is 17.9 Å². The quantitative estimate of drug-likeness (QED) is 0.0828. The molecule has 3 atom stereocenters. The summed E-state index contributed by atoms with van der Waals surface area (Å²) in [6.45, 7) is 21.9. The molecule has 0 fully saturated rings. The van der Waals surface area contributed by atoms with Crippen LogP contribution in [0.4, 0.5) is 0 Å². The highest BCUT2D eigenvalue weighted by atomic mass is 16.5. The van der Waals surface area contributed by atoms with Crippen LogP contribution in [0.1, 0.15) is 115 Å². The van der Waals surface area contributed by atoms with Gasteiger partial charge < -0.3 is 19.4 Å². The molecule has 8 nitrogen and oxygen atoms in total. The molecule has 2 rings (SSSR count). The number of carbonyl (C=O) groups is 5. The number of Topliss-reactive ketones (excluding diaryl/α,β-unsaturated/α-hetero) is 2. The van der Waals surface area contributed by atoms with Gasteiger partial charge in [0.15, 0.2) is 11.9 Å². The normalized spacial score (nSPS) is 22.3. The monoisotopic (exact) mass is 780 g/mol. The average molecular weight is 781 g/mol. The van der Waals surface area contributed by atoms with Crippen molar-refractivity contribution in [3.63, 3.8) is 0 Å². The number of rotatable bonds is 18. The van der Waals surface area contributed by atoms with E-state index in [1.54, 1.807) is 6.92 Å². The second-order valence-electron chi connectivity index (χ2n) is 16.6. The molecule has 2 aliphatic carbocycles. The van der Waals surface area contributed by atoms with E-state index in [-0.39, 0.29) is 60.7 Å². The highest BCUT2D eigenvalue weighted by molar-refractivity contribution is 6.01. The van der Waals surface area contributed by atoms with E-state index in [1.165, 1.54) is 12.5 Å². The molecule has 0 saturated heterocycles. The molecular weight excluding hydrogens is 717 g/mol. The molecule has 0 aromatic rings. The Hall–Kier alpha value is -5.11. The first-order chi connectivity index (χ1) is 26.6. The first-order valence-electron chi connectivity index (χ1n) is 19.7. The van der Waals surface area contributed by atoms with Crippen molar-refractivity contribution in [2.75, 3.05) is 0 Å². The van der Waals surface area contributed by atoms with Crippen molar-refractivity contribution in [2.45, 2.75) is 127 Å². The SMILES string of the molecule is CC(=O)CCC(=O)OC1C=C(C)C(/C=C/C(C)=C/C=C/C(C)=C/C=C/C=C(C)/C=C/C=C(C)/C=C/C2=C(C)C(=O)C(OC(=O)CCC(=O)O)CC2(C)C)C(C)(C)C1. The van der Waals surface area contributed by atoms with Gasteiger partial charge in [0.2, 0.25) is 0 Å². The molecule has 2 aliphatic rings. The first-order valence-corrected chi connectivity index (χ1v) is 19.7. The smallest absolute Gasteiger partial charge is 0.307 e. The number of carboxylic acid groups (broad SMARTS) is 1. The van der Waals surface area contributed by atoms with Crippen molar-refractivity contribution in [1.82, 2.24) is 0 Å². The summed E-state index contributed by atoms with van der Waals surface area (Å²) in [4.78, 5) is 59.2. The standard InChI is InChI=1S/C49H64O8/c1-33(18-14-20-35(3)22-25-41-37(5)30-40(31-48(41,8)9)56-45(53)28-24-38(6)50)16-12-13-17-34(2)19-15-21-36(4)23-26-42-39(7)47(55)43(32-49(42,10)11)57-46(54)29-27-44(51)52/h12-23,25-26,30,40-41,43H,24,27-29,31-32H2,1-11H3,(H,51,52)/b13-12+,18-14+,19-15+,25-22+,26-23+,33-16+,34-17+,35-20+,36-21+.